The van der Waals surface area contributed by atoms with Gasteiger partial charge in [-0.2, -0.15) is 0 Å². The maximum absolute atomic E-state index is 13.2. The van der Waals surface area contributed by atoms with Crippen LogP contribution in [0.25, 0.3) is 33.3 Å². The van der Waals surface area contributed by atoms with Crippen molar-refractivity contribution < 1.29 is 4.79 Å². The zero-order chi connectivity index (χ0) is 23.5. The monoisotopic (exact) mass is 482 g/mol. The molecule has 0 spiro atoms. The Hall–Kier alpha value is -3.66. The smallest absolute Gasteiger partial charge is 0.252 e. The molecule has 34 heavy (non-hydrogen) atoms. The number of hydrogen-bond donors (Lipinski definition) is 1. The Morgan fingerprint density at radius 3 is 2.18 bits per heavy atom. The summed E-state index contributed by atoms with van der Waals surface area (Å²) in [7, 11) is 0. The summed E-state index contributed by atoms with van der Waals surface area (Å²) in [6, 6.07) is 33.2. The van der Waals surface area contributed by atoms with E-state index < -0.39 is 0 Å². The highest BCUT2D eigenvalue weighted by Gasteiger charge is 2.14. The van der Waals surface area contributed by atoms with Crippen LogP contribution in [0.15, 0.2) is 103 Å². The van der Waals surface area contributed by atoms with Crippen LogP contribution in [0.3, 0.4) is 0 Å². The summed E-state index contributed by atoms with van der Waals surface area (Å²) in [5.74, 6) is -0.188. The number of benzene rings is 4. The third kappa shape index (κ3) is 4.67. The molecule has 1 heterocycles. The number of carbonyl (C=O) groups excluding carboxylic acids is 1. The van der Waals surface area contributed by atoms with Crippen molar-refractivity contribution in [2.45, 2.75) is 6.54 Å². The summed E-state index contributed by atoms with van der Waals surface area (Å²) in [6.07, 6.45) is 0. The molecular weight excluding hydrogens is 463 g/mol. The zero-order valence-electron chi connectivity index (χ0n) is 18.1. The number of pyridine rings is 1. The van der Waals surface area contributed by atoms with E-state index in [0.29, 0.717) is 22.2 Å². The van der Waals surface area contributed by atoms with E-state index in [-0.39, 0.29) is 5.91 Å². The summed E-state index contributed by atoms with van der Waals surface area (Å²) in [4.78, 5) is 18.0. The van der Waals surface area contributed by atoms with Gasteiger partial charge in [-0.25, -0.2) is 4.98 Å². The van der Waals surface area contributed by atoms with E-state index in [2.05, 4.69) is 29.6 Å². The van der Waals surface area contributed by atoms with Crippen molar-refractivity contribution in [3.8, 4) is 22.4 Å². The largest absolute Gasteiger partial charge is 0.348 e. The van der Waals surface area contributed by atoms with E-state index in [0.717, 1.165) is 38.9 Å². The average Bonchev–Trinajstić information content (AvgIpc) is 2.88. The Morgan fingerprint density at radius 2 is 1.41 bits per heavy atom. The van der Waals surface area contributed by atoms with Crippen molar-refractivity contribution in [1.82, 2.24) is 10.3 Å². The number of aromatic nitrogens is 1. The van der Waals surface area contributed by atoms with Crippen LogP contribution in [0.5, 0.6) is 0 Å². The van der Waals surface area contributed by atoms with Gasteiger partial charge in [0.25, 0.3) is 5.91 Å². The summed E-state index contributed by atoms with van der Waals surface area (Å²) in [5.41, 5.74) is 6.10. The van der Waals surface area contributed by atoms with Gasteiger partial charge in [-0.3, -0.25) is 4.79 Å². The van der Waals surface area contributed by atoms with Crippen LogP contribution in [0.1, 0.15) is 15.9 Å². The molecule has 0 fully saturated rings. The van der Waals surface area contributed by atoms with Gasteiger partial charge in [0.2, 0.25) is 0 Å². The van der Waals surface area contributed by atoms with Gasteiger partial charge in [0, 0.05) is 27.5 Å². The van der Waals surface area contributed by atoms with Gasteiger partial charge in [-0.1, -0.05) is 102 Å². The number of fused-ring (bicyclic) bond motifs is 1. The lowest BCUT2D eigenvalue weighted by Gasteiger charge is -2.12. The van der Waals surface area contributed by atoms with Crippen LogP contribution >= 0.6 is 23.2 Å². The molecule has 166 valence electrons. The highest BCUT2D eigenvalue weighted by Crippen LogP contribution is 2.28. The van der Waals surface area contributed by atoms with Crippen molar-refractivity contribution in [3.63, 3.8) is 0 Å². The molecule has 1 amide bonds. The minimum atomic E-state index is -0.188. The molecule has 3 nitrogen and oxygen atoms in total. The van der Waals surface area contributed by atoms with Gasteiger partial charge in [-0.05, 0) is 41.0 Å². The molecule has 5 rings (SSSR count). The van der Waals surface area contributed by atoms with E-state index in [4.69, 9.17) is 28.2 Å². The number of hydrogen-bond acceptors (Lipinski definition) is 2. The lowest BCUT2D eigenvalue weighted by molar-refractivity contribution is 0.0952. The predicted molar refractivity (Wildman–Crippen MR) is 140 cm³/mol. The topological polar surface area (TPSA) is 42.0 Å². The molecular formula is C29H20Cl2N2O. The van der Waals surface area contributed by atoms with Crippen molar-refractivity contribution in [3.05, 3.63) is 124 Å². The first kappa shape index (κ1) is 22.1. The number of carbonyl (C=O) groups is 1. The van der Waals surface area contributed by atoms with Crippen LogP contribution in [-0.2, 0) is 6.54 Å². The molecule has 0 bridgehead atoms. The second-order valence-corrected chi connectivity index (χ2v) is 8.78. The summed E-state index contributed by atoms with van der Waals surface area (Å²) >= 11 is 12.3. The minimum Gasteiger partial charge on any atom is -0.348 e. The summed E-state index contributed by atoms with van der Waals surface area (Å²) in [6.45, 7) is 0.298. The summed E-state index contributed by atoms with van der Waals surface area (Å²) in [5, 5.41) is 4.86. The van der Waals surface area contributed by atoms with E-state index in [1.807, 2.05) is 66.7 Å². The lowest BCUT2D eigenvalue weighted by atomic mass is 10.0. The SMILES string of the molecule is O=C(NCc1ccc(Cl)cc1Cl)c1cc(-c2ccc(-c3ccccc3)cc2)nc2ccccc12. The maximum Gasteiger partial charge on any atom is 0.252 e. The first-order valence-electron chi connectivity index (χ1n) is 10.9. The van der Waals surface area contributed by atoms with Gasteiger partial charge in [0.05, 0.1) is 16.8 Å². The first-order valence-corrected chi connectivity index (χ1v) is 11.6. The third-order valence-corrected chi connectivity index (χ3v) is 6.29. The van der Waals surface area contributed by atoms with Gasteiger partial charge >= 0.3 is 0 Å². The molecule has 0 radical (unpaired) electrons. The normalized spacial score (nSPS) is 10.9. The number of halogens is 2. The molecule has 1 N–H and O–H groups in total. The van der Waals surface area contributed by atoms with Crippen LogP contribution in [-0.4, -0.2) is 10.9 Å². The molecule has 0 unspecified atom stereocenters. The van der Waals surface area contributed by atoms with Gasteiger partial charge in [0.15, 0.2) is 0 Å². The molecule has 0 saturated heterocycles. The Morgan fingerprint density at radius 1 is 0.735 bits per heavy atom. The fourth-order valence-electron chi connectivity index (χ4n) is 3.91. The number of para-hydroxylation sites is 1. The molecule has 0 aliphatic carbocycles. The Labute approximate surface area is 208 Å². The fourth-order valence-corrected chi connectivity index (χ4v) is 4.39. The first-order chi connectivity index (χ1) is 16.6. The minimum absolute atomic E-state index is 0.188. The van der Waals surface area contributed by atoms with Gasteiger partial charge in [0.1, 0.15) is 0 Å². The summed E-state index contributed by atoms with van der Waals surface area (Å²) < 4.78 is 0. The van der Waals surface area contributed by atoms with Crippen LogP contribution in [0.4, 0.5) is 0 Å². The molecule has 0 saturated carbocycles. The zero-order valence-corrected chi connectivity index (χ0v) is 19.6. The van der Waals surface area contributed by atoms with Gasteiger partial charge < -0.3 is 5.32 Å². The second kappa shape index (κ2) is 9.68. The standard InChI is InChI=1S/C29H20Cl2N2O/c30-23-15-14-22(26(31)16-23)18-32-29(34)25-17-28(33-27-9-5-4-8-24(25)27)21-12-10-20(11-13-21)19-6-2-1-3-7-19/h1-17H,18H2,(H,32,34). The second-order valence-electron chi connectivity index (χ2n) is 7.93. The number of amides is 1. The Bertz CT molecular complexity index is 1480. The Balaban J connectivity index is 1.47. The molecule has 1 aromatic heterocycles. The molecule has 5 heteroatoms. The number of nitrogens with one attached hydrogen (secondary N) is 1. The van der Waals surface area contributed by atoms with Crippen molar-refractivity contribution in [1.29, 1.82) is 0 Å². The highest BCUT2D eigenvalue weighted by atomic mass is 35.5. The van der Waals surface area contributed by atoms with E-state index >= 15 is 0 Å². The fraction of sp³-hybridized carbons (Fsp3) is 0.0345. The highest BCUT2D eigenvalue weighted by molar-refractivity contribution is 6.35. The van der Waals surface area contributed by atoms with Crippen LogP contribution < -0.4 is 5.32 Å². The molecule has 5 aromatic rings. The molecule has 4 aromatic carbocycles. The third-order valence-electron chi connectivity index (χ3n) is 5.70. The van der Waals surface area contributed by atoms with Crippen LogP contribution in [0.2, 0.25) is 10.0 Å². The number of nitrogens with zero attached hydrogens (tertiary/aromatic N) is 1. The van der Waals surface area contributed by atoms with Crippen molar-refractivity contribution in [2.24, 2.45) is 0 Å². The van der Waals surface area contributed by atoms with Gasteiger partial charge in [-0.15, -0.1) is 0 Å². The number of rotatable bonds is 5. The maximum atomic E-state index is 13.2. The molecule has 0 aliphatic rings. The average molecular weight is 483 g/mol. The molecule has 0 aliphatic heterocycles. The predicted octanol–water partition coefficient (Wildman–Crippen LogP) is 7.81. The Kier molecular flexibility index (Phi) is 6.31. The van der Waals surface area contributed by atoms with Crippen molar-refractivity contribution in [2.75, 3.05) is 0 Å². The van der Waals surface area contributed by atoms with E-state index in [1.165, 1.54) is 0 Å². The van der Waals surface area contributed by atoms with Crippen LogP contribution in [0, 0.1) is 0 Å². The van der Waals surface area contributed by atoms with Crippen molar-refractivity contribution >= 4 is 40.0 Å². The lowest BCUT2D eigenvalue weighted by Crippen LogP contribution is -2.23. The van der Waals surface area contributed by atoms with E-state index in [1.54, 1.807) is 12.1 Å². The molecule has 0 atom stereocenters. The quantitative estimate of drug-likeness (QED) is 0.277. The van der Waals surface area contributed by atoms with E-state index in [9.17, 15) is 4.79 Å².